The molecule has 2 aromatic heterocycles. The van der Waals surface area contributed by atoms with Crippen LogP contribution in [-0.4, -0.2) is 72.7 Å². The van der Waals surface area contributed by atoms with Gasteiger partial charge in [0.25, 0.3) is 0 Å². The van der Waals surface area contributed by atoms with Gasteiger partial charge < -0.3 is 19.7 Å². The number of aromatic nitrogens is 2. The van der Waals surface area contributed by atoms with Crippen LogP contribution < -0.4 is 25.0 Å². The average molecular weight is 551 g/mol. The van der Waals surface area contributed by atoms with Crippen molar-refractivity contribution in [2.75, 3.05) is 50.6 Å². The van der Waals surface area contributed by atoms with Crippen LogP contribution in [0.25, 0.3) is 22.0 Å². The lowest BCUT2D eigenvalue weighted by atomic mass is 10.0. The fraction of sp³-hybridized carbons (Fsp3) is 0.467. The first-order valence-corrected chi connectivity index (χ1v) is 13.6. The molecular weight excluding hydrogens is 508 g/mol. The van der Waals surface area contributed by atoms with E-state index < -0.39 is 5.54 Å². The van der Waals surface area contributed by atoms with Crippen molar-refractivity contribution in [2.45, 2.75) is 53.5 Å². The second-order valence-corrected chi connectivity index (χ2v) is 10.6. The topological polar surface area (TPSA) is 109 Å². The number of amides is 3. The van der Waals surface area contributed by atoms with Gasteiger partial charge in [-0.3, -0.25) is 15.0 Å². The predicted octanol–water partition coefficient (Wildman–Crippen LogP) is 5.32. The third-order valence-electron chi connectivity index (χ3n) is 6.47. The molecule has 10 nitrogen and oxygen atoms in total. The molecule has 0 unspecified atom stereocenters. The summed E-state index contributed by atoms with van der Waals surface area (Å²) in [5.74, 6) is 2.00. The molecule has 0 aliphatic carbocycles. The fourth-order valence-electron chi connectivity index (χ4n) is 4.39. The van der Waals surface area contributed by atoms with E-state index in [1.807, 2.05) is 39.0 Å². The summed E-state index contributed by atoms with van der Waals surface area (Å²) in [7, 11) is 3.17. The monoisotopic (exact) mass is 550 g/mol. The number of methoxy groups -OCH3 is 2. The number of urea groups is 1. The Balaban J connectivity index is 2.07. The molecule has 2 heterocycles. The summed E-state index contributed by atoms with van der Waals surface area (Å²) in [4.78, 5) is 38.9. The summed E-state index contributed by atoms with van der Waals surface area (Å²) in [5, 5.41) is 6.59. The average Bonchev–Trinajstić information content (AvgIpc) is 2.91. The van der Waals surface area contributed by atoms with Crippen LogP contribution in [0.5, 0.6) is 11.5 Å². The smallest absolute Gasteiger partial charge is 0.320 e. The van der Waals surface area contributed by atoms with E-state index in [1.54, 1.807) is 44.4 Å². The van der Waals surface area contributed by atoms with Crippen molar-refractivity contribution >= 4 is 34.5 Å². The second-order valence-electron chi connectivity index (χ2n) is 10.6. The lowest BCUT2D eigenvalue weighted by Crippen LogP contribution is -2.43. The summed E-state index contributed by atoms with van der Waals surface area (Å²) in [6.45, 7) is 14.9. The Labute approximate surface area is 237 Å². The minimum Gasteiger partial charge on any atom is -0.497 e. The van der Waals surface area contributed by atoms with Crippen LogP contribution in [-0.2, 0) is 4.79 Å². The molecule has 10 heteroatoms. The summed E-state index contributed by atoms with van der Waals surface area (Å²) >= 11 is 0. The molecule has 1 aromatic carbocycles. The molecule has 0 saturated heterocycles. The first-order chi connectivity index (χ1) is 19.0. The highest BCUT2D eigenvalue weighted by atomic mass is 16.5. The van der Waals surface area contributed by atoms with E-state index in [9.17, 15) is 9.59 Å². The zero-order valence-corrected chi connectivity index (χ0v) is 24.9. The third kappa shape index (κ3) is 8.05. The number of nitrogens with one attached hydrogen (secondary N) is 2. The molecule has 40 heavy (non-hydrogen) atoms. The van der Waals surface area contributed by atoms with Crippen molar-refractivity contribution in [1.29, 1.82) is 0 Å². The Morgan fingerprint density at radius 2 is 1.60 bits per heavy atom. The van der Waals surface area contributed by atoms with Crippen molar-refractivity contribution in [3.63, 3.8) is 0 Å². The SMILES string of the molecule is CCN(CC)CCCN(C(C)=O)c1cc2nc(NC(=O)NC(C)(C)C)c(-c3cc(OC)cc(OC)c3)cc2cn1. The Morgan fingerprint density at radius 3 is 2.15 bits per heavy atom. The lowest BCUT2D eigenvalue weighted by molar-refractivity contribution is -0.116. The number of pyridine rings is 2. The van der Waals surface area contributed by atoms with Gasteiger partial charge in [0.15, 0.2) is 0 Å². The van der Waals surface area contributed by atoms with E-state index in [0.29, 0.717) is 40.8 Å². The highest BCUT2D eigenvalue weighted by Gasteiger charge is 2.20. The van der Waals surface area contributed by atoms with Crippen molar-refractivity contribution < 1.29 is 19.1 Å². The summed E-state index contributed by atoms with van der Waals surface area (Å²) < 4.78 is 10.9. The quantitative estimate of drug-likeness (QED) is 0.333. The molecule has 3 amide bonds. The number of nitrogens with zero attached hydrogens (tertiary/aromatic N) is 4. The van der Waals surface area contributed by atoms with Crippen LogP contribution in [0.15, 0.2) is 36.5 Å². The summed E-state index contributed by atoms with van der Waals surface area (Å²) in [6, 6.07) is 8.81. The maximum Gasteiger partial charge on any atom is 0.320 e. The Hall–Kier alpha value is -3.92. The number of carbonyl (C=O) groups is 2. The lowest BCUT2D eigenvalue weighted by Gasteiger charge is -2.23. The first kappa shape index (κ1) is 30.6. The molecule has 0 aliphatic heterocycles. The molecule has 2 N–H and O–H groups in total. The van der Waals surface area contributed by atoms with Gasteiger partial charge in [-0.05, 0) is 70.6 Å². The van der Waals surface area contributed by atoms with Gasteiger partial charge in [-0.25, -0.2) is 14.8 Å². The number of hydrogen-bond acceptors (Lipinski definition) is 7. The third-order valence-corrected chi connectivity index (χ3v) is 6.47. The number of anilines is 2. The molecule has 0 aliphatic rings. The largest absolute Gasteiger partial charge is 0.497 e. The Bertz CT molecular complexity index is 1310. The maximum atomic E-state index is 12.9. The standard InChI is InChI=1S/C30H42N6O4/c1-9-35(10-2)12-11-13-36(20(3)37)27-18-26-22(19-31-27)16-25(21-14-23(39-7)17-24(15-21)40-8)28(32-26)33-29(38)34-30(4,5)6/h14-19H,9-13H2,1-8H3,(H2,32,33,34,38). The number of benzene rings is 1. The van der Waals surface area contributed by atoms with E-state index in [1.165, 1.54) is 0 Å². The fourth-order valence-corrected chi connectivity index (χ4v) is 4.39. The van der Waals surface area contributed by atoms with Crippen LogP contribution in [0.3, 0.4) is 0 Å². The molecule has 216 valence electrons. The van der Waals surface area contributed by atoms with Crippen molar-refractivity contribution in [3.8, 4) is 22.6 Å². The van der Waals surface area contributed by atoms with Gasteiger partial charge in [-0.15, -0.1) is 0 Å². The van der Waals surface area contributed by atoms with Crippen LogP contribution in [0, 0.1) is 0 Å². The van der Waals surface area contributed by atoms with E-state index in [0.717, 1.165) is 37.0 Å². The molecule has 0 fully saturated rings. The van der Waals surface area contributed by atoms with E-state index in [4.69, 9.17) is 14.5 Å². The normalized spacial score (nSPS) is 11.4. The van der Waals surface area contributed by atoms with Gasteiger partial charge in [-0.2, -0.15) is 0 Å². The molecule has 0 radical (unpaired) electrons. The highest BCUT2D eigenvalue weighted by Crippen LogP contribution is 2.35. The van der Waals surface area contributed by atoms with Crippen molar-refractivity contribution in [3.05, 3.63) is 36.5 Å². The zero-order chi connectivity index (χ0) is 29.4. The molecule has 3 rings (SSSR count). The molecule has 0 saturated carbocycles. The molecule has 0 spiro atoms. The summed E-state index contributed by atoms with van der Waals surface area (Å²) in [5.41, 5.74) is 1.59. The molecule has 0 atom stereocenters. The van der Waals surface area contributed by atoms with E-state index >= 15 is 0 Å². The van der Waals surface area contributed by atoms with E-state index in [-0.39, 0.29) is 11.9 Å². The minimum absolute atomic E-state index is 0.0885. The molecule has 3 aromatic rings. The Kier molecular flexibility index (Phi) is 10.3. The Morgan fingerprint density at radius 1 is 0.950 bits per heavy atom. The van der Waals surface area contributed by atoms with Gasteiger partial charge >= 0.3 is 6.03 Å². The second kappa shape index (κ2) is 13.4. The predicted molar refractivity (Wildman–Crippen MR) is 160 cm³/mol. The van der Waals surface area contributed by atoms with E-state index in [2.05, 4.69) is 34.4 Å². The van der Waals surface area contributed by atoms with Gasteiger partial charge in [0, 0.05) is 48.3 Å². The number of fused-ring (bicyclic) bond motifs is 1. The van der Waals surface area contributed by atoms with Crippen LogP contribution in [0.2, 0.25) is 0 Å². The molecule has 0 bridgehead atoms. The zero-order valence-electron chi connectivity index (χ0n) is 24.9. The van der Waals surface area contributed by atoms with Crippen molar-refractivity contribution in [1.82, 2.24) is 20.2 Å². The minimum atomic E-state index is -0.440. The summed E-state index contributed by atoms with van der Waals surface area (Å²) in [6.07, 6.45) is 2.53. The van der Waals surface area contributed by atoms with Crippen molar-refractivity contribution in [2.24, 2.45) is 0 Å². The number of carbonyl (C=O) groups excluding carboxylic acids is 2. The van der Waals surface area contributed by atoms with Crippen LogP contribution in [0.1, 0.15) is 48.0 Å². The number of hydrogen-bond donors (Lipinski definition) is 2. The van der Waals surface area contributed by atoms with Gasteiger partial charge in [0.2, 0.25) is 5.91 Å². The van der Waals surface area contributed by atoms with Gasteiger partial charge in [-0.1, -0.05) is 13.8 Å². The number of ether oxygens (including phenoxy) is 2. The van der Waals surface area contributed by atoms with Crippen LogP contribution >= 0.6 is 0 Å². The van der Waals surface area contributed by atoms with Gasteiger partial charge in [0.05, 0.1) is 19.7 Å². The van der Waals surface area contributed by atoms with Gasteiger partial charge in [0.1, 0.15) is 23.1 Å². The maximum absolute atomic E-state index is 12.9. The highest BCUT2D eigenvalue weighted by molar-refractivity contribution is 5.98. The first-order valence-electron chi connectivity index (χ1n) is 13.6. The van der Waals surface area contributed by atoms with Crippen LogP contribution in [0.4, 0.5) is 16.4 Å². The number of rotatable bonds is 11. The molecular formula is C30H42N6O4.